The van der Waals surface area contributed by atoms with Gasteiger partial charge in [-0.05, 0) is 37.8 Å². The maximum Gasteiger partial charge on any atom is 0.253 e. The first-order valence-electron chi connectivity index (χ1n) is 6.50. The quantitative estimate of drug-likeness (QED) is 0.894. The van der Waals surface area contributed by atoms with E-state index in [9.17, 15) is 18.4 Å². The van der Waals surface area contributed by atoms with Crippen molar-refractivity contribution in [3.8, 4) is 0 Å². The molecule has 20 heavy (non-hydrogen) atoms. The highest BCUT2D eigenvalue weighted by Crippen LogP contribution is 2.42. The first-order valence-corrected chi connectivity index (χ1v) is 6.50. The van der Waals surface area contributed by atoms with Crippen LogP contribution < -0.4 is 10.2 Å². The second-order valence-corrected chi connectivity index (χ2v) is 5.51. The normalized spacial score (nSPS) is 26.6. The van der Waals surface area contributed by atoms with E-state index in [4.69, 9.17) is 0 Å². The van der Waals surface area contributed by atoms with Gasteiger partial charge in [-0.15, -0.1) is 0 Å². The third-order valence-electron chi connectivity index (χ3n) is 3.98. The number of rotatable bonds is 2. The minimum absolute atomic E-state index is 0.0679. The van der Waals surface area contributed by atoms with E-state index in [2.05, 4.69) is 5.32 Å². The molecule has 2 aliphatic rings. The summed E-state index contributed by atoms with van der Waals surface area (Å²) in [5.41, 5.74) is -1.20. The summed E-state index contributed by atoms with van der Waals surface area (Å²) in [5, 5.41) is 2.69. The van der Waals surface area contributed by atoms with Crippen LogP contribution in [0.3, 0.4) is 0 Å². The van der Waals surface area contributed by atoms with Crippen LogP contribution in [0.1, 0.15) is 19.8 Å². The Hall–Kier alpha value is -1.98. The summed E-state index contributed by atoms with van der Waals surface area (Å²) in [5.74, 6) is -2.04. The van der Waals surface area contributed by atoms with E-state index in [1.165, 1.54) is 0 Å². The van der Waals surface area contributed by atoms with Crippen molar-refractivity contribution in [1.82, 2.24) is 5.32 Å². The summed E-state index contributed by atoms with van der Waals surface area (Å²) in [4.78, 5) is 25.4. The van der Waals surface area contributed by atoms with Crippen molar-refractivity contribution in [2.24, 2.45) is 5.92 Å². The lowest BCUT2D eigenvalue weighted by molar-refractivity contribution is -0.136. The Morgan fingerprint density at radius 3 is 2.65 bits per heavy atom. The van der Waals surface area contributed by atoms with Gasteiger partial charge >= 0.3 is 0 Å². The molecule has 1 heterocycles. The highest BCUT2D eigenvalue weighted by molar-refractivity contribution is 6.09. The average Bonchev–Trinajstić information content (AvgIpc) is 3.21. The van der Waals surface area contributed by atoms with Gasteiger partial charge in [0.05, 0.1) is 5.69 Å². The molecule has 1 aliphatic heterocycles. The van der Waals surface area contributed by atoms with E-state index in [1.807, 2.05) is 0 Å². The fourth-order valence-corrected chi connectivity index (χ4v) is 2.70. The molecule has 1 N–H and O–H groups in total. The molecule has 0 radical (unpaired) electrons. The lowest BCUT2D eigenvalue weighted by Crippen LogP contribution is -2.66. The van der Waals surface area contributed by atoms with Crippen molar-refractivity contribution < 1.29 is 18.4 Å². The van der Waals surface area contributed by atoms with Crippen molar-refractivity contribution in [1.29, 1.82) is 0 Å². The smallest absolute Gasteiger partial charge is 0.253 e. The van der Waals surface area contributed by atoms with Crippen LogP contribution in [-0.4, -0.2) is 23.9 Å². The molecule has 4 nitrogen and oxygen atoms in total. The summed E-state index contributed by atoms with van der Waals surface area (Å²) in [6.07, 6.45) is 1.70. The third kappa shape index (κ3) is 1.95. The topological polar surface area (TPSA) is 49.4 Å². The highest BCUT2D eigenvalue weighted by atomic mass is 19.1. The van der Waals surface area contributed by atoms with E-state index in [1.54, 1.807) is 6.92 Å². The van der Waals surface area contributed by atoms with Crippen molar-refractivity contribution in [2.45, 2.75) is 25.3 Å². The lowest BCUT2D eigenvalue weighted by Gasteiger charge is -2.40. The van der Waals surface area contributed by atoms with Crippen molar-refractivity contribution >= 4 is 17.5 Å². The zero-order valence-corrected chi connectivity index (χ0v) is 11.0. The summed E-state index contributed by atoms with van der Waals surface area (Å²) >= 11 is 0. The predicted molar refractivity (Wildman–Crippen MR) is 68.0 cm³/mol. The van der Waals surface area contributed by atoms with Crippen LogP contribution in [0.5, 0.6) is 0 Å². The minimum atomic E-state index is -1.02. The summed E-state index contributed by atoms with van der Waals surface area (Å²) in [6.45, 7) is 1.36. The van der Waals surface area contributed by atoms with E-state index >= 15 is 0 Å². The molecule has 1 saturated heterocycles. The van der Waals surface area contributed by atoms with Gasteiger partial charge in [0.1, 0.15) is 23.7 Å². The first-order chi connectivity index (χ1) is 9.41. The number of nitrogens with one attached hydrogen (secondary N) is 1. The average molecular weight is 280 g/mol. The van der Waals surface area contributed by atoms with Crippen LogP contribution in [0.2, 0.25) is 0 Å². The molecule has 1 atom stereocenters. The number of nitrogens with zero attached hydrogens (tertiary/aromatic N) is 1. The molecule has 106 valence electrons. The van der Waals surface area contributed by atoms with Gasteiger partial charge in [0.25, 0.3) is 5.91 Å². The number of benzene rings is 1. The SMILES string of the molecule is CC1(C2CC2)NC(=O)CN(c2cc(F)ccc2F)C1=O. The number of anilines is 1. The second-order valence-electron chi connectivity index (χ2n) is 5.51. The first kappa shape index (κ1) is 13.0. The van der Waals surface area contributed by atoms with Gasteiger partial charge in [0.15, 0.2) is 0 Å². The van der Waals surface area contributed by atoms with Gasteiger partial charge in [-0.1, -0.05) is 0 Å². The molecule has 0 bridgehead atoms. The number of carbonyl (C=O) groups excluding carboxylic acids is 2. The molecular formula is C14H14F2N2O2. The van der Waals surface area contributed by atoms with Crippen LogP contribution in [0.25, 0.3) is 0 Å². The molecule has 2 fully saturated rings. The Kier molecular flexibility index (Phi) is 2.77. The summed E-state index contributed by atoms with van der Waals surface area (Å²) in [7, 11) is 0. The van der Waals surface area contributed by atoms with Gasteiger partial charge in [0, 0.05) is 6.07 Å². The Labute approximate surface area is 114 Å². The van der Waals surface area contributed by atoms with E-state index in [0.717, 1.165) is 35.9 Å². The van der Waals surface area contributed by atoms with Gasteiger partial charge < -0.3 is 5.32 Å². The number of hydrogen-bond acceptors (Lipinski definition) is 2. The maximum atomic E-state index is 13.8. The lowest BCUT2D eigenvalue weighted by atomic mass is 9.91. The van der Waals surface area contributed by atoms with Crippen LogP contribution in [0, 0.1) is 17.6 Å². The molecule has 6 heteroatoms. The molecule has 3 rings (SSSR count). The summed E-state index contributed by atoms with van der Waals surface area (Å²) < 4.78 is 27.1. The van der Waals surface area contributed by atoms with Crippen LogP contribution in [-0.2, 0) is 9.59 Å². The third-order valence-corrected chi connectivity index (χ3v) is 3.98. The van der Waals surface area contributed by atoms with E-state index in [0.29, 0.717) is 0 Å². The van der Waals surface area contributed by atoms with Crippen molar-refractivity contribution in [2.75, 3.05) is 11.4 Å². The monoisotopic (exact) mass is 280 g/mol. The minimum Gasteiger partial charge on any atom is -0.340 e. The molecule has 0 spiro atoms. The van der Waals surface area contributed by atoms with Crippen LogP contribution >= 0.6 is 0 Å². The highest BCUT2D eigenvalue weighted by Gasteiger charge is 2.53. The van der Waals surface area contributed by atoms with Gasteiger partial charge in [-0.25, -0.2) is 8.78 Å². The number of carbonyl (C=O) groups is 2. The van der Waals surface area contributed by atoms with E-state index in [-0.39, 0.29) is 30.0 Å². The number of hydrogen-bond donors (Lipinski definition) is 1. The molecular weight excluding hydrogens is 266 g/mol. The fourth-order valence-electron chi connectivity index (χ4n) is 2.70. The molecule has 1 saturated carbocycles. The zero-order valence-electron chi connectivity index (χ0n) is 11.0. The summed E-state index contributed by atoms with van der Waals surface area (Å²) in [6, 6.07) is 2.88. The van der Waals surface area contributed by atoms with Crippen molar-refractivity contribution in [3.63, 3.8) is 0 Å². The van der Waals surface area contributed by atoms with Gasteiger partial charge in [-0.2, -0.15) is 0 Å². The van der Waals surface area contributed by atoms with Crippen LogP contribution in [0.15, 0.2) is 18.2 Å². The van der Waals surface area contributed by atoms with E-state index < -0.39 is 17.2 Å². The molecule has 2 amide bonds. The van der Waals surface area contributed by atoms with Crippen LogP contribution in [0.4, 0.5) is 14.5 Å². The standard InChI is InChI=1S/C14H14F2N2O2/c1-14(8-2-3-8)13(20)18(7-12(19)17-14)11-6-9(15)4-5-10(11)16/h4-6,8H,2-3,7H2,1H3,(H,17,19). The van der Waals surface area contributed by atoms with Gasteiger partial charge in [-0.3, -0.25) is 14.5 Å². The maximum absolute atomic E-state index is 13.8. The Morgan fingerprint density at radius 2 is 2.00 bits per heavy atom. The van der Waals surface area contributed by atoms with Crippen molar-refractivity contribution in [3.05, 3.63) is 29.8 Å². The molecule has 1 aromatic rings. The Balaban J connectivity index is 2.01. The number of halogens is 2. The largest absolute Gasteiger partial charge is 0.340 e. The molecule has 1 aliphatic carbocycles. The number of piperazine rings is 1. The predicted octanol–water partition coefficient (Wildman–Crippen LogP) is 1.60. The Morgan fingerprint density at radius 1 is 1.30 bits per heavy atom. The van der Waals surface area contributed by atoms with Gasteiger partial charge in [0.2, 0.25) is 5.91 Å². The second kappa shape index (κ2) is 4.26. The zero-order chi connectivity index (χ0) is 14.5. The fraction of sp³-hybridized carbons (Fsp3) is 0.429. The number of amides is 2. The Bertz CT molecular complexity index is 601. The molecule has 0 aromatic heterocycles. The molecule has 1 aromatic carbocycles. The molecule has 1 unspecified atom stereocenters.